The van der Waals surface area contributed by atoms with Crippen LogP contribution in [-0.2, 0) is 26.0 Å². The molecule has 0 fully saturated rings. The maximum Gasteiger partial charge on any atom is 0.335 e. The first-order chi connectivity index (χ1) is 14.3. The Morgan fingerprint density at radius 1 is 1.13 bits per heavy atom. The van der Waals surface area contributed by atoms with Crippen molar-refractivity contribution in [3.8, 4) is 0 Å². The number of carbonyl (C=O) groups excluding carboxylic acids is 2. The third-order valence-corrected chi connectivity index (χ3v) is 6.26. The van der Waals surface area contributed by atoms with Gasteiger partial charge in [-0.25, -0.2) is 17.5 Å². The second-order valence-electron chi connectivity index (χ2n) is 6.66. The maximum absolute atomic E-state index is 13.3. The maximum atomic E-state index is 13.3. The molecule has 9 heteroatoms. The van der Waals surface area contributed by atoms with E-state index >= 15 is 0 Å². The van der Waals surface area contributed by atoms with Gasteiger partial charge in [0.15, 0.2) is 0 Å². The van der Waals surface area contributed by atoms with Gasteiger partial charge in [-0.05, 0) is 36.6 Å². The molecule has 0 aliphatic carbocycles. The lowest BCUT2D eigenvalue weighted by Gasteiger charge is -2.27. The van der Waals surface area contributed by atoms with E-state index in [-0.39, 0.29) is 30.0 Å². The molecular formula is C21H24N2O6S. The molecule has 1 atom stereocenters. The van der Waals surface area contributed by atoms with Crippen LogP contribution in [0.3, 0.4) is 0 Å². The summed E-state index contributed by atoms with van der Waals surface area (Å²) >= 11 is 0. The highest BCUT2D eigenvalue weighted by molar-refractivity contribution is 7.89. The van der Waals surface area contributed by atoms with E-state index in [0.29, 0.717) is 12.8 Å². The first-order valence-electron chi connectivity index (χ1n) is 9.42. The summed E-state index contributed by atoms with van der Waals surface area (Å²) in [5, 5.41) is 11.6. The van der Waals surface area contributed by atoms with E-state index in [1.54, 1.807) is 6.92 Å². The van der Waals surface area contributed by atoms with Crippen LogP contribution in [-0.4, -0.2) is 49.2 Å². The van der Waals surface area contributed by atoms with Gasteiger partial charge >= 0.3 is 5.97 Å². The summed E-state index contributed by atoms with van der Waals surface area (Å²) in [7, 11) is -4.28. The number of nitrogens with zero attached hydrogens (tertiary/aromatic N) is 1. The third-order valence-electron chi connectivity index (χ3n) is 4.46. The first-order valence-corrected chi connectivity index (χ1v) is 10.9. The van der Waals surface area contributed by atoms with Crippen molar-refractivity contribution in [3.63, 3.8) is 0 Å². The number of hydrogen-bond acceptors (Lipinski definition) is 5. The minimum absolute atomic E-state index is 0.0257. The Bertz CT molecular complexity index is 992. The molecule has 2 amide bonds. The average Bonchev–Trinajstić information content (AvgIpc) is 2.75. The molecule has 30 heavy (non-hydrogen) atoms. The molecule has 8 nitrogen and oxygen atoms in total. The lowest BCUT2D eigenvalue weighted by molar-refractivity contribution is -0.130. The Hall–Kier alpha value is -3.20. The van der Waals surface area contributed by atoms with Crippen LogP contribution in [0, 0.1) is 5.92 Å². The van der Waals surface area contributed by atoms with Crippen molar-refractivity contribution in [2.24, 2.45) is 5.92 Å². The summed E-state index contributed by atoms with van der Waals surface area (Å²) in [5.74, 6) is -2.73. The SMILES string of the molecule is CCCN(C(=O)C(CNC=O)Cc1ccccc1)S(=O)(=O)c1cccc(C(=O)O)c1. The summed E-state index contributed by atoms with van der Waals surface area (Å²) in [5.41, 5.74) is 0.633. The summed E-state index contributed by atoms with van der Waals surface area (Å²) in [4.78, 5) is 35.0. The normalized spacial score (nSPS) is 12.0. The Balaban J connectivity index is 2.41. The summed E-state index contributed by atoms with van der Waals surface area (Å²) in [6, 6.07) is 14.0. The van der Waals surface area contributed by atoms with Crippen LogP contribution < -0.4 is 5.32 Å². The van der Waals surface area contributed by atoms with Crippen molar-refractivity contribution in [2.45, 2.75) is 24.7 Å². The third kappa shape index (κ3) is 5.66. The Morgan fingerprint density at radius 3 is 2.43 bits per heavy atom. The number of rotatable bonds is 11. The molecule has 0 heterocycles. The molecule has 0 saturated carbocycles. The van der Waals surface area contributed by atoms with Crippen LogP contribution in [0.1, 0.15) is 29.3 Å². The number of aromatic carboxylic acids is 1. The molecule has 0 bridgehead atoms. The number of carbonyl (C=O) groups is 3. The molecule has 0 aromatic heterocycles. The summed E-state index contributed by atoms with van der Waals surface area (Å²) in [6.45, 7) is 1.65. The molecular weight excluding hydrogens is 408 g/mol. The van der Waals surface area contributed by atoms with Gasteiger partial charge in [-0.2, -0.15) is 0 Å². The first kappa shape index (κ1) is 23.1. The van der Waals surface area contributed by atoms with Gasteiger partial charge < -0.3 is 10.4 Å². The van der Waals surface area contributed by atoms with Crippen LogP contribution in [0.2, 0.25) is 0 Å². The predicted octanol–water partition coefficient (Wildman–Crippen LogP) is 1.92. The molecule has 0 spiro atoms. The number of sulfonamides is 1. The lowest BCUT2D eigenvalue weighted by Crippen LogP contribution is -2.44. The summed E-state index contributed by atoms with van der Waals surface area (Å²) in [6.07, 6.45) is 1.08. The van der Waals surface area contributed by atoms with Crippen molar-refractivity contribution >= 4 is 28.3 Å². The van der Waals surface area contributed by atoms with Crippen molar-refractivity contribution in [1.82, 2.24) is 9.62 Å². The van der Waals surface area contributed by atoms with Crippen molar-refractivity contribution in [2.75, 3.05) is 13.1 Å². The number of hydrogen-bond donors (Lipinski definition) is 2. The van der Waals surface area contributed by atoms with Crippen molar-refractivity contribution in [1.29, 1.82) is 0 Å². The average molecular weight is 432 g/mol. The number of benzene rings is 2. The van der Waals surface area contributed by atoms with Crippen LogP contribution in [0.5, 0.6) is 0 Å². The molecule has 2 aromatic rings. The molecule has 0 aliphatic heterocycles. The number of carboxylic acids is 1. The minimum atomic E-state index is -4.28. The van der Waals surface area contributed by atoms with Gasteiger partial charge in [-0.15, -0.1) is 0 Å². The highest BCUT2D eigenvalue weighted by atomic mass is 32.2. The highest BCUT2D eigenvalue weighted by Crippen LogP contribution is 2.21. The zero-order valence-corrected chi connectivity index (χ0v) is 17.3. The topological polar surface area (TPSA) is 121 Å². The van der Waals surface area contributed by atoms with Gasteiger partial charge in [0, 0.05) is 13.1 Å². The fourth-order valence-electron chi connectivity index (χ4n) is 3.01. The van der Waals surface area contributed by atoms with Gasteiger partial charge in [-0.1, -0.05) is 43.3 Å². The van der Waals surface area contributed by atoms with Gasteiger partial charge in [0.2, 0.25) is 12.3 Å². The van der Waals surface area contributed by atoms with Crippen LogP contribution in [0.4, 0.5) is 0 Å². The van der Waals surface area contributed by atoms with Gasteiger partial charge in [-0.3, -0.25) is 9.59 Å². The van der Waals surface area contributed by atoms with Crippen LogP contribution in [0.25, 0.3) is 0 Å². The van der Waals surface area contributed by atoms with E-state index in [4.69, 9.17) is 5.11 Å². The fraction of sp³-hybridized carbons (Fsp3) is 0.286. The molecule has 0 radical (unpaired) electrons. The smallest absolute Gasteiger partial charge is 0.335 e. The molecule has 1 unspecified atom stereocenters. The molecule has 160 valence electrons. The molecule has 2 aromatic carbocycles. The lowest BCUT2D eigenvalue weighted by atomic mass is 9.98. The van der Waals surface area contributed by atoms with E-state index < -0.39 is 27.8 Å². The van der Waals surface area contributed by atoms with E-state index in [1.807, 2.05) is 30.3 Å². The largest absolute Gasteiger partial charge is 0.478 e. The van der Waals surface area contributed by atoms with E-state index in [1.165, 1.54) is 18.2 Å². The molecule has 0 saturated heterocycles. The zero-order valence-electron chi connectivity index (χ0n) is 16.5. The van der Waals surface area contributed by atoms with E-state index in [9.17, 15) is 22.8 Å². The zero-order chi connectivity index (χ0) is 22.1. The summed E-state index contributed by atoms with van der Waals surface area (Å²) < 4.78 is 27.2. The second-order valence-corrected chi connectivity index (χ2v) is 8.52. The number of amides is 2. The monoisotopic (exact) mass is 432 g/mol. The minimum Gasteiger partial charge on any atom is -0.478 e. The van der Waals surface area contributed by atoms with Gasteiger partial charge in [0.1, 0.15) is 0 Å². The number of carboxylic acid groups (broad SMARTS) is 1. The quantitative estimate of drug-likeness (QED) is 0.523. The molecule has 2 N–H and O–H groups in total. The van der Waals surface area contributed by atoms with Gasteiger partial charge in [0.05, 0.1) is 16.4 Å². The Kier molecular flexibility index (Phi) is 8.11. The van der Waals surface area contributed by atoms with Crippen molar-refractivity contribution < 1.29 is 27.9 Å². The Morgan fingerprint density at radius 2 is 1.83 bits per heavy atom. The van der Waals surface area contributed by atoms with Crippen LogP contribution >= 0.6 is 0 Å². The standard InChI is InChI=1S/C21H24N2O6S/c1-2-11-23(30(28,29)19-10-6-9-17(13-19)21(26)27)20(25)18(14-22-15-24)12-16-7-4-3-5-8-16/h3-10,13,15,18H,2,11-12,14H2,1H3,(H,22,24)(H,26,27). The second kappa shape index (κ2) is 10.5. The fourth-order valence-corrected chi connectivity index (χ4v) is 4.60. The van der Waals surface area contributed by atoms with E-state index in [2.05, 4.69) is 5.32 Å². The highest BCUT2D eigenvalue weighted by Gasteiger charge is 2.33. The van der Waals surface area contributed by atoms with Crippen molar-refractivity contribution in [3.05, 3.63) is 65.7 Å². The predicted molar refractivity (Wildman–Crippen MR) is 110 cm³/mol. The molecule has 2 rings (SSSR count). The van der Waals surface area contributed by atoms with E-state index in [0.717, 1.165) is 15.9 Å². The molecule has 0 aliphatic rings. The Labute approximate surface area is 175 Å². The van der Waals surface area contributed by atoms with Gasteiger partial charge in [0.25, 0.3) is 10.0 Å². The number of nitrogens with one attached hydrogen (secondary N) is 1. The van der Waals surface area contributed by atoms with Crippen LogP contribution in [0.15, 0.2) is 59.5 Å².